The molecule has 62 valence electrons. The summed E-state index contributed by atoms with van der Waals surface area (Å²) in [5.41, 5.74) is 0. The van der Waals surface area contributed by atoms with Crippen LogP contribution in [0.5, 0.6) is 0 Å². The molecule has 0 aromatic rings. The van der Waals surface area contributed by atoms with Gasteiger partial charge in [-0.15, -0.1) is 0 Å². The fraction of sp³-hybridized carbons (Fsp3) is 0.875. The summed E-state index contributed by atoms with van der Waals surface area (Å²) in [6, 6.07) is 0.348. The third kappa shape index (κ3) is 0.948. The first-order chi connectivity index (χ1) is 5.18. The van der Waals surface area contributed by atoms with E-state index in [-0.39, 0.29) is 5.91 Å². The molecule has 2 aliphatic heterocycles. The Labute approximate surface area is 66.0 Å². The van der Waals surface area contributed by atoms with Crippen LogP contribution in [0.4, 0.5) is 0 Å². The van der Waals surface area contributed by atoms with Crippen molar-refractivity contribution >= 4 is 5.91 Å². The number of hydrogen-bond donors (Lipinski definition) is 1. The molecule has 3 heteroatoms. The van der Waals surface area contributed by atoms with E-state index in [9.17, 15) is 9.90 Å². The van der Waals surface area contributed by atoms with Crippen molar-refractivity contribution in [3.63, 3.8) is 0 Å². The van der Waals surface area contributed by atoms with Gasteiger partial charge in [0.15, 0.2) is 0 Å². The molecule has 0 bridgehead atoms. The maximum absolute atomic E-state index is 10.9. The molecule has 2 fully saturated rings. The lowest BCUT2D eigenvalue weighted by molar-refractivity contribution is -0.173. The van der Waals surface area contributed by atoms with Gasteiger partial charge in [-0.2, -0.15) is 0 Å². The van der Waals surface area contributed by atoms with Crippen molar-refractivity contribution in [3.8, 4) is 0 Å². The van der Waals surface area contributed by atoms with Gasteiger partial charge in [0.2, 0.25) is 5.91 Å². The highest BCUT2D eigenvalue weighted by Crippen LogP contribution is 2.34. The summed E-state index contributed by atoms with van der Waals surface area (Å²) < 4.78 is 0. The molecule has 0 aromatic carbocycles. The van der Waals surface area contributed by atoms with Crippen molar-refractivity contribution < 1.29 is 9.90 Å². The molecular formula is C8H13NO2. The molecular weight excluding hydrogens is 142 g/mol. The monoisotopic (exact) mass is 155 g/mol. The van der Waals surface area contributed by atoms with Crippen molar-refractivity contribution in [2.45, 2.75) is 38.5 Å². The summed E-state index contributed by atoms with van der Waals surface area (Å²) in [7, 11) is 0. The number of nitrogens with zero attached hydrogens (tertiary/aromatic N) is 1. The van der Waals surface area contributed by atoms with E-state index in [0.717, 1.165) is 12.8 Å². The van der Waals surface area contributed by atoms with E-state index in [1.807, 2.05) is 0 Å². The van der Waals surface area contributed by atoms with Crippen molar-refractivity contribution in [1.29, 1.82) is 0 Å². The van der Waals surface area contributed by atoms with Crippen molar-refractivity contribution in [2.75, 3.05) is 0 Å². The normalized spacial score (nSPS) is 43.3. The van der Waals surface area contributed by atoms with E-state index >= 15 is 0 Å². The Hall–Kier alpha value is -0.570. The molecule has 2 heterocycles. The van der Waals surface area contributed by atoms with Crippen LogP contribution in [0.25, 0.3) is 0 Å². The summed E-state index contributed by atoms with van der Waals surface area (Å²) in [5.74, 6) is 0.689. The molecule has 0 spiro atoms. The zero-order chi connectivity index (χ0) is 8.01. The molecule has 3 nitrogen and oxygen atoms in total. The van der Waals surface area contributed by atoms with Crippen LogP contribution in [-0.4, -0.2) is 28.2 Å². The molecule has 11 heavy (non-hydrogen) atoms. The maximum Gasteiger partial charge on any atom is 0.226 e. The van der Waals surface area contributed by atoms with Crippen LogP contribution in [0.1, 0.15) is 26.2 Å². The number of amides is 1. The SMILES string of the molecule is CC1CC(O)N2C(=O)CC2C1. The number of carbonyl (C=O) groups is 1. The first kappa shape index (κ1) is 7.10. The lowest BCUT2D eigenvalue weighted by Gasteiger charge is -2.48. The molecule has 0 aromatic heterocycles. The molecule has 0 aliphatic carbocycles. The van der Waals surface area contributed by atoms with Gasteiger partial charge in [0, 0.05) is 12.5 Å². The van der Waals surface area contributed by atoms with Crippen LogP contribution in [0.15, 0.2) is 0 Å². The average molecular weight is 155 g/mol. The summed E-state index contributed by atoms with van der Waals surface area (Å²) >= 11 is 0. The van der Waals surface area contributed by atoms with Gasteiger partial charge in [0.25, 0.3) is 0 Å². The van der Waals surface area contributed by atoms with Crippen LogP contribution >= 0.6 is 0 Å². The second-order valence-corrected chi connectivity index (χ2v) is 3.72. The number of hydrogen-bond acceptors (Lipinski definition) is 2. The fourth-order valence-electron chi connectivity index (χ4n) is 2.14. The molecule has 0 radical (unpaired) electrons. The topological polar surface area (TPSA) is 40.5 Å². The highest BCUT2D eigenvalue weighted by molar-refractivity contribution is 5.83. The summed E-state index contributed by atoms with van der Waals surface area (Å²) in [4.78, 5) is 12.6. The minimum Gasteiger partial charge on any atom is -0.374 e. The Morgan fingerprint density at radius 2 is 2.27 bits per heavy atom. The van der Waals surface area contributed by atoms with Crippen LogP contribution in [0.3, 0.4) is 0 Å². The first-order valence-corrected chi connectivity index (χ1v) is 4.17. The molecule has 0 saturated carbocycles. The quantitative estimate of drug-likeness (QED) is 0.512. The lowest BCUT2D eigenvalue weighted by Crippen LogP contribution is -2.60. The Morgan fingerprint density at radius 1 is 1.55 bits per heavy atom. The summed E-state index contributed by atoms with van der Waals surface area (Å²) in [5, 5.41) is 9.45. The Bertz CT molecular complexity index is 185. The van der Waals surface area contributed by atoms with Crippen molar-refractivity contribution in [2.24, 2.45) is 5.92 Å². The molecule has 3 atom stereocenters. The molecule has 2 rings (SSSR count). The number of aliphatic hydroxyl groups is 1. The van der Waals surface area contributed by atoms with Gasteiger partial charge >= 0.3 is 0 Å². The predicted octanol–water partition coefficient (Wildman–Crippen LogP) is 0.336. The third-order valence-electron chi connectivity index (χ3n) is 2.70. The van der Waals surface area contributed by atoms with E-state index in [1.165, 1.54) is 0 Å². The molecule has 3 unspecified atom stereocenters. The fourth-order valence-corrected chi connectivity index (χ4v) is 2.14. The minimum atomic E-state index is -0.495. The zero-order valence-corrected chi connectivity index (χ0v) is 6.66. The van der Waals surface area contributed by atoms with Gasteiger partial charge < -0.3 is 10.0 Å². The van der Waals surface area contributed by atoms with Gasteiger partial charge in [-0.05, 0) is 18.8 Å². The standard InChI is InChI=1S/C8H13NO2/c1-5-2-6-4-8(11)9(6)7(10)3-5/h5-7,10H,2-4H2,1H3. The molecule has 1 N–H and O–H groups in total. The Balaban J connectivity index is 2.07. The number of fused-ring (bicyclic) bond motifs is 1. The Kier molecular flexibility index (Phi) is 1.42. The maximum atomic E-state index is 10.9. The van der Waals surface area contributed by atoms with Gasteiger partial charge in [-0.25, -0.2) is 0 Å². The second kappa shape index (κ2) is 2.21. The molecule has 2 saturated heterocycles. The largest absolute Gasteiger partial charge is 0.374 e. The second-order valence-electron chi connectivity index (χ2n) is 3.72. The highest BCUT2D eigenvalue weighted by Gasteiger charge is 2.44. The van der Waals surface area contributed by atoms with E-state index in [4.69, 9.17) is 0 Å². The number of β-lactam (4-membered cyclic amide) rings is 1. The van der Waals surface area contributed by atoms with Crippen LogP contribution < -0.4 is 0 Å². The van der Waals surface area contributed by atoms with Gasteiger partial charge in [0.05, 0.1) is 0 Å². The van der Waals surface area contributed by atoms with Crippen molar-refractivity contribution in [1.82, 2.24) is 4.90 Å². The smallest absolute Gasteiger partial charge is 0.226 e. The van der Waals surface area contributed by atoms with Crippen LogP contribution in [-0.2, 0) is 4.79 Å². The molecule has 2 aliphatic rings. The predicted molar refractivity (Wildman–Crippen MR) is 39.7 cm³/mol. The summed E-state index contributed by atoms with van der Waals surface area (Å²) in [6.45, 7) is 2.13. The van der Waals surface area contributed by atoms with Gasteiger partial charge in [-0.1, -0.05) is 6.92 Å². The number of aliphatic hydroxyl groups excluding tert-OH is 1. The average Bonchev–Trinajstić information content (AvgIpc) is 1.83. The van der Waals surface area contributed by atoms with Gasteiger partial charge in [-0.3, -0.25) is 4.79 Å². The molecule has 1 amide bonds. The van der Waals surface area contributed by atoms with Crippen molar-refractivity contribution in [3.05, 3.63) is 0 Å². The number of rotatable bonds is 0. The van der Waals surface area contributed by atoms with E-state index < -0.39 is 6.23 Å². The van der Waals surface area contributed by atoms with Gasteiger partial charge in [0.1, 0.15) is 6.23 Å². The highest BCUT2D eigenvalue weighted by atomic mass is 16.3. The van der Waals surface area contributed by atoms with Crippen LogP contribution in [0.2, 0.25) is 0 Å². The van der Waals surface area contributed by atoms with Crippen LogP contribution in [0, 0.1) is 5.92 Å². The zero-order valence-electron chi connectivity index (χ0n) is 6.66. The lowest BCUT2D eigenvalue weighted by atomic mass is 9.84. The first-order valence-electron chi connectivity index (χ1n) is 4.17. The van der Waals surface area contributed by atoms with E-state index in [2.05, 4.69) is 6.92 Å². The Morgan fingerprint density at radius 3 is 2.82 bits per heavy atom. The third-order valence-corrected chi connectivity index (χ3v) is 2.70. The van der Waals surface area contributed by atoms with E-state index in [0.29, 0.717) is 18.4 Å². The number of piperidine rings is 1. The minimum absolute atomic E-state index is 0.120. The number of carbonyl (C=O) groups excluding carboxylic acids is 1. The summed E-state index contributed by atoms with van der Waals surface area (Å²) in [6.07, 6.45) is 1.98. The van der Waals surface area contributed by atoms with E-state index in [1.54, 1.807) is 4.90 Å².